The summed E-state index contributed by atoms with van der Waals surface area (Å²) in [7, 11) is 0. The number of nitrogens with zero attached hydrogens (tertiary/aromatic N) is 4. The van der Waals surface area contributed by atoms with E-state index < -0.39 is 0 Å². The molecule has 0 N–H and O–H groups in total. The molecule has 1 atom stereocenters. The van der Waals surface area contributed by atoms with Crippen LogP contribution in [0.2, 0.25) is 0 Å². The second kappa shape index (κ2) is 7.32. The number of para-hydroxylation sites is 1. The molecule has 0 unspecified atom stereocenters. The Morgan fingerprint density at radius 3 is 2.54 bits per heavy atom. The number of benzene rings is 2. The number of aromatic nitrogens is 2. The molecule has 2 aliphatic rings. The maximum atomic E-state index is 13.1. The summed E-state index contributed by atoms with van der Waals surface area (Å²) in [5.41, 5.74) is 5.12. The minimum atomic E-state index is 0.0692. The number of rotatable bonds is 2. The highest BCUT2D eigenvalue weighted by atomic mass is 16.2. The Bertz CT molecular complexity index is 1000. The smallest absolute Gasteiger partial charge is 0.256 e. The average molecular weight is 372 g/mol. The van der Waals surface area contributed by atoms with E-state index in [4.69, 9.17) is 0 Å². The molecule has 1 amide bonds. The van der Waals surface area contributed by atoms with Crippen molar-refractivity contribution in [2.45, 2.75) is 25.3 Å². The van der Waals surface area contributed by atoms with E-state index in [1.807, 2.05) is 23.1 Å². The van der Waals surface area contributed by atoms with Gasteiger partial charge in [-0.05, 0) is 42.5 Å². The Morgan fingerprint density at radius 1 is 0.893 bits per heavy atom. The molecule has 5 nitrogen and oxygen atoms in total. The van der Waals surface area contributed by atoms with Crippen LogP contribution in [0.4, 0.5) is 0 Å². The summed E-state index contributed by atoms with van der Waals surface area (Å²) in [5, 5.41) is 0. The minimum Gasteiger partial charge on any atom is -0.336 e. The van der Waals surface area contributed by atoms with Crippen LogP contribution in [-0.2, 0) is 12.8 Å². The molecule has 2 heterocycles. The van der Waals surface area contributed by atoms with Crippen molar-refractivity contribution in [3.63, 3.8) is 0 Å². The predicted molar refractivity (Wildman–Crippen MR) is 109 cm³/mol. The molecule has 0 spiro atoms. The first-order valence-electron chi connectivity index (χ1n) is 10.1. The van der Waals surface area contributed by atoms with Gasteiger partial charge in [-0.15, -0.1) is 0 Å². The van der Waals surface area contributed by atoms with Crippen molar-refractivity contribution in [1.82, 2.24) is 19.8 Å². The topological polar surface area (TPSA) is 49.3 Å². The van der Waals surface area contributed by atoms with Gasteiger partial charge in [0.1, 0.15) is 5.52 Å². The quantitative estimate of drug-likeness (QED) is 0.694. The van der Waals surface area contributed by atoms with Crippen LogP contribution >= 0.6 is 0 Å². The Hall–Kier alpha value is -2.79. The zero-order chi connectivity index (χ0) is 18.9. The van der Waals surface area contributed by atoms with Crippen molar-refractivity contribution < 1.29 is 4.79 Å². The van der Waals surface area contributed by atoms with Crippen LogP contribution in [0.5, 0.6) is 0 Å². The van der Waals surface area contributed by atoms with E-state index in [1.54, 1.807) is 12.4 Å². The lowest BCUT2D eigenvalue weighted by Crippen LogP contribution is -2.53. The van der Waals surface area contributed by atoms with Crippen molar-refractivity contribution in [2.75, 3.05) is 26.2 Å². The van der Waals surface area contributed by atoms with Gasteiger partial charge in [0, 0.05) is 44.6 Å². The number of carbonyl (C=O) groups is 1. The van der Waals surface area contributed by atoms with E-state index in [9.17, 15) is 4.79 Å². The lowest BCUT2D eigenvalue weighted by molar-refractivity contribution is 0.0554. The molecule has 0 bridgehead atoms. The highest BCUT2D eigenvalue weighted by molar-refractivity contribution is 6.04. The second-order valence-electron chi connectivity index (χ2n) is 7.72. The summed E-state index contributed by atoms with van der Waals surface area (Å²) < 4.78 is 0. The van der Waals surface area contributed by atoms with E-state index in [0.29, 0.717) is 17.1 Å². The van der Waals surface area contributed by atoms with Crippen LogP contribution < -0.4 is 0 Å². The third kappa shape index (κ3) is 3.16. The van der Waals surface area contributed by atoms with Gasteiger partial charge < -0.3 is 4.90 Å². The van der Waals surface area contributed by atoms with Crippen LogP contribution in [0, 0.1) is 0 Å². The van der Waals surface area contributed by atoms with Crippen molar-refractivity contribution in [3.05, 3.63) is 71.5 Å². The molecule has 3 aromatic rings. The van der Waals surface area contributed by atoms with Crippen molar-refractivity contribution in [3.8, 4) is 0 Å². The van der Waals surface area contributed by atoms with Crippen molar-refractivity contribution in [2.24, 2.45) is 0 Å². The summed E-state index contributed by atoms with van der Waals surface area (Å²) >= 11 is 0. The number of aryl methyl sites for hydroxylation is 1. The summed E-state index contributed by atoms with van der Waals surface area (Å²) in [6.45, 7) is 3.42. The van der Waals surface area contributed by atoms with E-state index >= 15 is 0 Å². The predicted octanol–water partition coefficient (Wildman–Crippen LogP) is 2.95. The zero-order valence-electron chi connectivity index (χ0n) is 15.9. The molecule has 0 saturated carbocycles. The highest BCUT2D eigenvalue weighted by Gasteiger charge is 2.29. The normalized spacial score (nSPS) is 20.1. The summed E-state index contributed by atoms with van der Waals surface area (Å²) in [6, 6.07) is 15.1. The van der Waals surface area contributed by atoms with Gasteiger partial charge in [-0.1, -0.05) is 30.3 Å². The maximum absolute atomic E-state index is 13.1. The SMILES string of the molecule is O=C(c1cccc2nccnc12)N1CCN([C@H]2CCc3ccccc3C2)CC1. The Labute approximate surface area is 165 Å². The van der Waals surface area contributed by atoms with Crippen LogP contribution in [0.1, 0.15) is 27.9 Å². The first-order chi connectivity index (χ1) is 13.8. The Morgan fingerprint density at radius 2 is 1.68 bits per heavy atom. The zero-order valence-corrected chi connectivity index (χ0v) is 15.9. The minimum absolute atomic E-state index is 0.0692. The van der Waals surface area contributed by atoms with E-state index in [1.165, 1.54) is 17.5 Å². The van der Waals surface area contributed by atoms with Gasteiger partial charge >= 0.3 is 0 Å². The monoisotopic (exact) mass is 372 g/mol. The van der Waals surface area contributed by atoms with E-state index in [2.05, 4.69) is 39.1 Å². The molecule has 2 aromatic carbocycles. The van der Waals surface area contributed by atoms with Gasteiger partial charge in [0.05, 0.1) is 11.1 Å². The molecule has 1 aliphatic carbocycles. The fraction of sp³-hybridized carbons (Fsp3) is 0.348. The van der Waals surface area contributed by atoms with Crippen LogP contribution in [-0.4, -0.2) is 57.9 Å². The highest BCUT2D eigenvalue weighted by Crippen LogP contribution is 2.25. The molecule has 5 heteroatoms. The van der Waals surface area contributed by atoms with Gasteiger partial charge in [-0.2, -0.15) is 0 Å². The lowest BCUT2D eigenvalue weighted by Gasteiger charge is -2.41. The Kier molecular flexibility index (Phi) is 4.53. The summed E-state index contributed by atoms with van der Waals surface area (Å²) in [5.74, 6) is 0.0692. The standard InChI is InChI=1S/C23H24N4O/c28-23(20-6-3-7-21-22(20)25-11-10-24-21)27-14-12-26(13-15-27)19-9-8-17-4-1-2-5-18(17)16-19/h1-7,10-11,19H,8-9,12-16H2/t19-/m0/s1. The molecule has 142 valence electrons. The van der Waals surface area contributed by atoms with Gasteiger partial charge in [0.25, 0.3) is 5.91 Å². The van der Waals surface area contributed by atoms with Gasteiger partial charge in [-0.25, -0.2) is 0 Å². The molecular formula is C23H24N4O. The molecule has 1 saturated heterocycles. The number of fused-ring (bicyclic) bond motifs is 2. The molecular weight excluding hydrogens is 348 g/mol. The Balaban J connectivity index is 1.27. The molecule has 5 rings (SSSR count). The molecule has 0 radical (unpaired) electrons. The molecule has 1 fully saturated rings. The van der Waals surface area contributed by atoms with Crippen molar-refractivity contribution >= 4 is 16.9 Å². The summed E-state index contributed by atoms with van der Waals surface area (Å²) in [4.78, 5) is 26.3. The second-order valence-corrected chi connectivity index (χ2v) is 7.72. The maximum Gasteiger partial charge on any atom is 0.256 e. The fourth-order valence-electron chi connectivity index (χ4n) is 4.62. The first kappa shape index (κ1) is 17.3. The lowest BCUT2D eigenvalue weighted by atomic mass is 9.87. The van der Waals surface area contributed by atoms with Crippen LogP contribution in [0.3, 0.4) is 0 Å². The van der Waals surface area contributed by atoms with Crippen LogP contribution in [0.25, 0.3) is 11.0 Å². The van der Waals surface area contributed by atoms with Gasteiger partial charge in [0.15, 0.2) is 0 Å². The number of piperazine rings is 1. The van der Waals surface area contributed by atoms with Gasteiger partial charge in [0.2, 0.25) is 0 Å². The van der Waals surface area contributed by atoms with Crippen molar-refractivity contribution in [1.29, 1.82) is 0 Å². The first-order valence-corrected chi connectivity index (χ1v) is 10.1. The van der Waals surface area contributed by atoms with E-state index in [-0.39, 0.29) is 5.91 Å². The third-order valence-electron chi connectivity index (χ3n) is 6.17. The largest absolute Gasteiger partial charge is 0.336 e. The third-order valence-corrected chi connectivity index (χ3v) is 6.17. The number of hydrogen-bond acceptors (Lipinski definition) is 4. The number of amides is 1. The number of hydrogen-bond donors (Lipinski definition) is 0. The van der Waals surface area contributed by atoms with Gasteiger partial charge in [-0.3, -0.25) is 19.7 Å². The number of carbonyl (C=O) groups excluding carboxylic acids is 1. The fourth-order valence-corrected chi connectivity index (χ4v) is 4.62. The molecule has 1 aliphatic heterocycles. The summed E-state index contributed by atoms with van der Waals surface area (Å²) in [6.07, 6.45) is 6.82. The van der Waals surface area contributed by atoms with E-state index in [0.717, 1.165) is 44.5 Å². The molecule has 28 heavy (non-hydrogen) atoms. The van der Waals surface area contributed by atoms with Crippen LogP contribution in [0.15, 0.2) is 54.9 Å². The molecule has 1 aromatic heterocycles. The average Bonchev–Trinajstić information content (AvgIpc) is 2.78.